The first-order valence-corrected chi connectivity index (χ1v) is 13.3. The van der Waals surface area contributed by atoms with Crippen molar-refractivity contribution < 1.29 is 28.6 Å². The number of benzene rings is 2. The number of nitrogens with one attached hydrogen (secondary N) is 3. The van der Waals surface area contributed by atoms with Crippen molar-refractivity contribution >= 4 is 63.4 Å². The van der Waals surface area contributed by atoms with Gasteiger partial charge in [-0.05, 0) is 48.0 Å². The number of aromatic nitrogens is 1. The van der Waals surface area contributed by atoms with Crippen LogP contribution in [0.1, 0.15) is 18.2 Å². The summed E-state index contributed by atoms with van der Waals surface area (Å²) < 4.78 is 16.0. The molecule has 0 unspecified atom stereocenters. The zero-order valence-corrected chi connectivity index (χ0v) is 23.0. The van der Waals surface area contributed by atoms with Crippen molar-refractivity contribution in [2.24, 2.45) is 0 Å². The maximum absolute atomic E-state index is 12.4. The van der Waals surface area contributed by atoms with Gasteiger partial charge in [0.2, 0.25) is 23.5 Å². The Kier molecular flexibility index (Phi) is 10.6. The van der Waals surface area contributed by atoms with Gasteiger partial charge in [0, 0.05) is 35.5 Å². The standard InChI is InChI=1S/C26H28N4O6S2/c1-16(31)27-18-6-8-19(9-7-18)28-24(33)15-37-13-20-14-38-26(29-20)30-23(32)10-5-17-11-21(34-2)25(36-4)22(12-17)35-3/h5-12,14H,13,15H2,1-4H3,(H,27,31)(H,28,33)(H,29,30,32)/b10-5+. The van der Waals surface area contributed by atoms with Gasteiger partial charge < -0.3 is 24.8 Å². The molecule has 0 aliphatic heterocycles. The molecule has 0 atom stereocenters. The Bertz CT molecular complexity index is 1280. The molecule has 1 heterocycles. The van der Waals surface area contributed by atoms with Crippen LogP contribution in [-0.4, -0.2) is 49.8 Å². The van der Waals surface area contributed by atoms with Gasteiger partial charge >= 0.3 is 0 Å². The van der Waals surface area contributed by atoms with Crippen molar-refractivity contribution in [3.8, 4) is 17.2 Å². The number of thiazole rings is 1. The highest BCUT2D eigenvalue weighted by atomic mass is 32.2. The van der Waals surface area contributed by atoms with Crippen molar-refractivity contribution in [3.63, 3.8) is 0 Å². The molecule has 2 aromatic carbocycles. The summed E-state index contributed by atoms with van der Waals surface area (Å²) in [4.78, 5) is 40.1. The Labute approximate surface area is 228 Å². The fourth-order valence-corrected chi connectivity index (χ4v) is 4.77. The minimum Gasteiger partial charge on any atom is -0.493 e. The number of anilines is 3. The summed E-state index contributed by atoms with van der Waals surface area (Å²) in [5.74, 6) is 1.56. The van der Waals surface area contributed by atoms with Crippen molar-refractivity contribution in [3.05, 3.63) is 59.1 Å². The van der Waals surface area contributed by atoms with E-state index in [0.717, 1.165) is 5.69 Å². The minimum absolute atomic E-state index is 0.150. The number of nitrogens with zero attached hydrogens (tertiary/aromatic N) is 1. The van der Waals surface area contributed by atoms with Gasteiger partial charge in [0.05, 0.1) is 32.8 Å². The number of amides is 3. The minimum atomic E-state index is -0.337. The first-order chi connectivity index (χ1) is 18.3. The number of hydrogen-bond acceptors (Lipinski definition) is 9. The third-order valence-corrected chi connectivity index (χ3v) is 6.64. The van der Waals surface area contributed by atoms with E-state index >= 15 is 0 Å². The highest BCUT2D eigenvalue weighted by Gasteiger charge is 2.12. The molecule has 0 saturated heterocycles. The van der Waals surface area contributed by atoms with Crippen LogP contribution in [0.15, 0.2) is 47.9 Å². The first-order valence-electron chi connectivity index (χ1n) is 11.3. The third-order valence-electron chi connectivity index (χ3n) is 4.87. The molecular formula is C26H28N4O6S2. The average Bonchev–Trinajstić information content (AvgIpc) is 3.34. The fraction of sp³-hybridized carbons (Fsp3) is 0.231. The molecule has 10 nitrogen and oxygen atoms in total. The zero-order valence-electron chi connectivity index (χ0n) is 21.3. The van der Waals surface area contributed by atoms with Crippen molar-refractivity contribution in [2.75, 3.05) is 43.0 Å². The van der Waals surface area contributed by atoms with E-state index in [9.17, 15) is 14.4 Å². The second-order valence-electron chi connectivity index (χ2n) is 7.72. The molecule has 3 amide bonds. The highest BCUT2D eigenvalue weighted by Crippen LogP contribution is 2.38. The number of methoxy groups -OCH3 is 3. The van der Waals surface area contributed by atoms with Crippen LogP contribution >= 0.6 is 23.1 Å². The summed E-state index contributed by atoms with van der Waals surface area (Å²) in [6.45, 7) is 1.43. The van der Waals surface area contributed by atoms with E-state index in [1.165, 1.54) is 57.4 Å². The van der Waals surface area contributed by atoms with Gasteiger partial charge in [-0.25, -0.2) is 4.98 Å². The number of hydrogen-bond donors (Lipinski definition) is 3. The summed E-state index contributed by atoms with van der Waals surface area (Å²) in [5.41, 5.74) is 2.76. The molecule has 1 aromatic heterocycles. The van der Waals surface area contributed by atoms with Crippen LogP contribution in [0.4, 0.5) is 16.5 Å². The maximum atomic E-state index is 12.4. The summed E-state index contributed by atoms with van der Waals surface area (Å²) in [7, 11) is 4.57. The SMILES string of the molecule is COc1cc(/C=C/C(=O)Nc2nc(CSCC(=O)Nc3ccc(NC(C)=O)cc3)cs2)cc(OC)c1OC. The lowest BCUT2D eigenvalue weighted by Crippen LogP contribution is -2.14. The quantitative estimate of drug-likeness (QED) is 0.275. The second kappa shape index (κ2) is 14.1. The summed E-state index contributed by atoms with van der Waals surface area (Å²) in [5, 5.41) is 10.5. The molecule has 0 saturated carbocycles. The van der Waals surface area contributed by atoms with Crippen LogP contribution in [0.3, 0.4) is 0 Å². The molecule has 0 fully saturated rings. The summed E-state index contributed by atoms with van der Waals surface area (Å²) in [6.07, 6.45) is 3.03. The molecule has 38 heavy (non-hydrogen) atoms. The third kappa shape index (κ3) is 8.53. The molecule has 3 N–H and O–H groups in total. The number of carbonyl (C=O) groups excluding carboxylic acids is 3. The topological polar surface area (TPSA) is 128 Å². The van der Waals surface area contributed by atoms with Crippen molar-refractivity contribution in [1.29, 1.82) is 0 Å². The van der Waals surface area contributed by atoms with Crippen LogP contribution in [0.5, 0.6) is 17.2 Å². The van der Waals surface area contributed by atoms with Crippen molar-refractivity contribution in [2.45, 2.75) is 12.7 Å². The Morgan fingerprint density at radius 3 is 2.16 bits per heavy atom. The zero-order chi connectivity index (χ0) is 27.5. The molecular weight excluding hydrogens is 528 g/mol. The monoisotopic (exact) mass is 556 g/mol. The molecule has 3 rings (SSSR count). The van der Waals surface area contributed by atoms with Crippen molar-refractivity contribution in [1.82, 2.24) is 4.98 Å². The predicted molar refractivity (Wildman–Crippen MR) is 151 cm³/mol. The van der Waals surface area contributed by atoms with Crippen LogP contribution in [-0.2, 0) is 20.1 Å². The van der Waals surface area contributed by atoms with E-state index in [1.54, 1.807) is 42.5 Å². The van der Waals surface area contributed by atoms with Crippen LogP contribution in [0.2, 0.25) is 0 Å². The number of rotatable bonds is 12. The highest BCUT2D eigenvalue weighted by molar-refractivity contribution is 7.99. The molecule has 0 aliphatic rings. The van der Waals surface area contributed by atoms with Crippen LogP contribution in [0.25, 0.3) is 6.08 Å². The number of thioether (sulfide) groups is 1. The Morgan fingerprint density at radius 2 is 1.58 bits per heavy atom. The largest absolute Gasteiger partial charge is 0.493 e. The van der Waals surface area contributed by atoms with E-state index in [4.69, 9.17) is 14.2 Å². The van der Waals surface area contributed by atoms with Gasteiger partial charge in [-0.3, -0.25) is 19.7 Å². The van der Waals surface area contributed by atoms with Gasteiger partial charge in [0.15, 0.2) is 16.6 Å². The average molecular weight is 557 g/mol. The normalized spacial score (nSPS) is 10.6. The summed E-state index contributed by atoms with van der Waals surface area (Å²) >= 11 is 2.72. The van der Waals surface area contributed by atoms with E-state index in [-0.39, 0.29) is 23.5 Å². The van der Waals surface area contributed by atoms with E-state index < -0.39 is 0 Å². The van der Waals surface area contributed by atoms with Gasteiger partial charge in [0.1, 0.15) is 0 Å². The first kappa shape index (κ1) is 28.5. The lowest BCUT2D eigenvalue weighted by Gasteiger charge is -2.12. The maximum Gasteiger partial charge on any atom is 0.250 e. The van der Waals surface area contributed by atoms with Crippen LogP contribution in [0, 0.1) is 0 Å². The molecule has 3 aromatic rings. The Morgan fingerprint density at radius 1 is 0.947 bits per heavy atom. The smallest absolute Gasteiger partial charge is 0.250 e. The molecule has 0 spiro atoms. The molecule has 200 valence electrons. The molecule has 12 heteroatoms. The molecule has 0 radical (unpaired) electrons. The molecule has 0 aliphatic carbocycles. The predicted octanol–water partition coefficient (Wildman–Crippen LogP) is 4.65. The number of carbonyl (C=O) groups is 3. The summed E-state index contributed by atoms with van der Waals surface area (Å²) in [6, 6.07) is 10.4. The van der Waals surface area contributed by atoms with E-state index in [2.05, 4.69) is 20.9 Å². The number of ether oxygens (including phenoxy) is 3. The fourth-order valence-electron chi connectivity index (χ4n) is 3.23. The Hall–Kier alpha value is -4.03. The lowest BCUT2D eigenvalue weighted by atomic mass is 10.1. The van der Waals surface area contributed by atoms with Crippen LogP contribution < -0.4 is 30.2 Å². The molecule has 0 bridgehead atoms. The van der Waals surface area contributed by atoms with E-state index in [1.807, 2.05) is 5.38 Å². The second-order valence-corrected chi connectivity index (χ2v) is 9.57. The van der Waals surface area contributed by atoms with Gasteiger partial charge in [-0.2, -0.15) is 0 Å². The van der Waals surface area contributed by atoms with E-state index in [0.29, 0.717) is 45.1 Å². The lowest BCUT2D eigenvalue weighted by molar-refractivity contribution is -0.114. The Balaban J connectivity index is 1.46. The van der Waals surface area contributed by atoms with Gasteiger partial charge in [0.25, 0.3) is 0 Å². The van der Waals surface area contributed by atoms with Gasteiger partial charge in [-0.1, -0.05) is 0 Å². The van der Waals surface area contributed by atoms with Gasteiger partial charge in [-0.15, -0.1) is 23.1 Å².